The molecule has 350 valence electrons. The van der Waals surface area contributed by atoms with Crippen molar-refractivity contribution >= 4 is 15.2 Å². The highest BCUT2D eigenvalue weighted by Gasteiger charge is 2.29. The van der Waals surface area contributed by atoms with Crippen LogP contribution in [-0.4, -0.2) is 113 Å². The molecule has 0 saturated heterocycles. The minimum atomic E-state index is -3.25. The van der Waals surface area contributed by atoms with Gasteiger partial charge in [0.15, 0.2) is 0 Å². The van der Waals surface area contributed by atoms with E-state index in [1.54, 1.807) is 0 Å². The molecule has 0 aliphatic carbocycles. The topological polar surface area (TPSA) is 182 Å². The molecule has 12 nitrogen and oxygen atoms in total. The fourth-order valence-corrected chi connectivity index (χ4v) is 10.7. The Bertz CT molecular complexity index is 942. The van der Waals surface area contributed by atoms with Crippen molar-refractivity contribution in [2.24, 2.45) is 22.9 Å². The Balaban J connectivity index is 4.84. The van der Waals surface area contributed by atoms with Crippen LogP contribution in [0, 0.1) is 0 Å². The second-order valence-electron chi connectivity index (χ2n) is 16.4. The van der Waals surface area contributed by atoms with Crippen molar-refractivity contribution in [1.29, 1.82) is 0 Å². The Labute approximate surface area is 359 Å². The van der Waals surface area contributed by atoms with E-state index in [2.05, 4.69) is 30.6 Å². The third-order valence-electron chi connectivity index (χ3n) is 10.9. The first kappa shape index (κ1) is 58.1. The lowest BCUT2D eigenvalue weighted by atomic mass is 10.1. The maximum atomic E-state index is 14.2. The van der Waals surface area contributed by atoms with Crippen molar-refractivity contribution in [3.05, 3.63) is 0 Å². The summed E-state index contributed by atoms with van der Waals surface area (Å²) in [6.07, 6.45) is 27.5. The summed E-state index contributed by atoms with van der Waals surface area (Å²) in [5.74, 6) is 0. The smallest absolute Gasteiger partial charge is 0.330 e. The Morgan fingerprint density at radius 2 is 0.741 bits per heavy atom. The van der Waals surface area contributed by atoms with E-state index in [0.717, 1.165) is 135 Å². The monoisotopic (exact) mass is 869 g/mol. The number of hydrogen-bond acceptors (Lipinski definition) is 12. The van der Waals surface area contributed by atoms with E-state index in [4.69, 9.17) is 41.0 Å². The van der Waals surface area contributed by atoms with E-state index in [1.807, 2.05) is 0 Å². The number of hydrogen-bond donors (Lipinski definition) is 4. The lowest BCUT2D eigenvalue weighted by Crippen LogP contribution is -2.32. The zero-order valence-corrected chi connectivity index (χ0v) is 40.2. The van der Waals surface area contributed by atoms with Crippen molar-refractivity contribution in [2.45, 2.75) is 187 Å². The fourth-order valence-electron chi connectivity index (χ4n) is 7.06. The SMILES string of the molecule is CCCCCCCCOP(=O)(CCN(CCCN)CCCN)OCCCCCCCCCC(CC)OP(=O)(CCN(CCCN)CCCN)OCCCCCCCC. The second-order valence-corrected chi connectivity index (χ2v) is 20.7. The van der Waals surface area contributed by atoms with Gasteiger partial charge in [0.25, 0.3) is 0 Å². The molecule has 0 spiro atoms. The molecule has 3 atom stereocenters. The van der Waals surface area contributed by atoms with Crippen LogP contribution in [-0.2, 0) is 27.2 Å². The van der Waals surface area contributed by atoms with Gasteiger partial charge < -0.3 is 50.8 Å². The van der Waals surface area contributed by atoms with Crippen LogP contribution in [0.2, 0.25) is 0 Å². The van der Waals surface area contributed by atoms with Gasteiger partial charge in [-0.05, 0) is 110 Å². The van der Waals surface area contributed by atoms with Gasteiger partial charge in [-0.1, -0.05) is 124 Å². The molecule has 0 aliphatic rings. The molecular weight excluding hydrogens is 770 g/mol. The zero-order valence-electron chi connectivity index (χ0n) is 38.4. The summed E-state index contributed by atoms with van der Waals surface area (Å²) < 4.78 is 52.7. The molecular formula is C44H98N6O6P2. The van der Waals surface area contributed by atoms with Gasteiger partial charge in [-0.2, -0.15) is 0 Å². The quantitative estimate of drug-likeness (QED) is 0.0336. The molecule has 14 heteroatoms. The Morgan fingerprint density at radius 1 is 0.414 bits per heavy atom. The predicted molar refractivity (Wildman–Crippen MR) is 249 cm³/mol. The van der Waals surface area contributed by atoms with Crippen molar-refractivity contribution in [2.75, 3.05) is 97.6 Å². The van der Waals surface area contributed by atoms with Gasteiger partial charge in [0, 0.05) is 13.1 Å². The predicted octanol–water partition coefficient (Wildman–Crippen LogP) is 10.1. The lowest BCUT2D eigenvalue weighted by molar-refractivity contribution is 0.130. The minimum absolute atomic E-state index is 0.0681. The van der Waals surface area contributed by atoms with Crippen molar-refractivity contribution in [3.63, 3.8) is 0 Å². The number of nitrogens with two attached hydrogens (primary N) is 4. The van der Waals surface area contributed by atoms with E-state index >= 15 is 0 Å². The summed E-state index contributed by atoms with van der Waals surface area (Å²) in [7, 11) is -6.44. The van der Waals surface area contributed by atoms with Crippen molar-refractivity contribution in [1.82, 2.24) is 9.80 Å². The van der Waals surface area contributed by atoms with Gasteiger partial charge in [0.05, 0.1) is 38.2 Å². The van der Waals surface area contributed by atoms with Gasteiger partial charge in [0.1, 0.15) is 0 Å². The molecule has 0 amide bonds. The molecule has 0 saturated carbocycles. The van der Waals surface area contributed by atoms with Crippen molar-refractivity contribution in [3.8, 4) is 0 Å². The molecule has 58 heavy (non-hydrogen) atoms. The molecule has 3 unspecified atom stereocenters. The van der Waals surface area contributed by atoms with Crippen LogP contribution in [0.3, 0.4) is 0 Å². The highest BCUT2D eigenvalue weighted by molar-refractivity contribution is 7.54. The minimum Gasteiger partial charge on any atom is -0.330 e. The van der Waals surface area contributed by atoms with Gasteiger partial charge in [-0.15, -0.1) is 0 Å². The van der Waals surface area contributed by atoms with Crippen LogP contribution >= 0.6 is 15.2 Å². The van der Waals surface area contributed by atoms with Crippen molar-refractivity contribution < 1.29 is 27.2 Å². The maximum absolute atomic E-state index is 14.2. The van der Waals surface area contributed by atoms with Crippen LogP contribution < -0.4 is 22.9 Å². The first-order chi connectivity index (χ1) is 28.2. The Morgan fingerprint density at radius 3 is 1.10 bits per heavy atom. The third kappa shape index (κ3) is 35.6. The number of rotatable bonds is 48. The zero-order chi connectivity index (χ0) is 42.8. The third-order valence-corrected chi connectivity index (χ3v) is 14.7. The lowest BCUT2D eigenvalue weighted by Gasteiger charge is -2.27. The summed E-state index contributed by atoms with van der Waals surface area (Å²) in [6.45, 7) is 15.4. The molecule has 0 aromatic heterocycles. The number of unbranched alkanes of at least 4 members (excludes halogenated alkanes) is 16. The first-order valence-electron chi connectivity index (χ1n) is 24.3. The van der Waals surface area contributed by atoms with E-state index in [-0.39, 0.29) is 6.10 Å². The fraction of sp³-hybridized carbons (Fsp3) is 1.00. The standard InChI is InChI=1S/C44H98N6O6P2/c1-4-7-9-11-17-21-39-53-57(51,42-37-49(33-24-29-45)34-25-30-46)54-40-22-19-15-13-14-16-20-28-44(6-3)56-58(52,55-41-23-18-12-10-8-5-2)43-38-50(35-26-31-47)36-27-32-48/h44H,4-43,45-48H2,1-3H3. The Hall–Kier alpha value is 0.0600. The molecule has 0 aliphatic heterocycles. The molecule has 0 aromatic carbocycles. The average molecular weight is 869 g/mol. The molecule has 0 fully saturated rings. The maximum Gasteiger partial charge on any atom is 0.332 e. The molecule has 0 bridgehead atoms. The first-order valence-corrected chi connectivity index (χ1v) is 27.8. The van der Waals surface area contributed by atoms with Crippen LogP contribution in [0.1, 0.15) is 181 Å². The highest BCUT2D eigenvalue weighted by atomic mass is 31.2. The van der Waals surface area contributed by atoms with Gasteiger partial charge in [-0.25, -0.2) is 0 Å². The number of nitrogens with zero attached hydrogens (tertiary/aromatic N) is 2. The summed E-state index contributed by atoms with van der Waals surface area (Å²) >= 11 is 0. The molecule has 0 rings (SSSR count). The summed E-state index contributed by atoms with van der Waals surface area (Å²) in [5.41, 5.74) is 23.2. The molecule has 0 radical (unpaired) electrons. The van der Waals surface area contributed by atoms with Gasteiger partial charge in [0.2, 0.25) is 0 Å². The van der Waals surface area contributed by atoms with Crippen LogP contribution in [0.15, 0.2) is 0 Å². The molecule has 0 heterocycles. The summed E-state index contributed by atoms with van der Waals surface area (Å²) in [6, 6.07) is 0. The largest absolute Gasteiger partial charge is 0.332 e. The van der Waals surface area contributed by atoms with E-state index < -0.39 is 15.2 Å². The normalized spacial score (nSPS) is 14.7. The summed E-state index contributed by atoms with van der Waals surface area (Å²) in [5, 5.41) is 0. The van der Waals surface area contributed by atoms with Crippen LogP contribution in [0.4, 0.5) is 0 Å². The van der Waals surface area contributed by atoms with E-state index in [9.17, 15) is 9.13 Å². The molecule has 0 aromatic rings. The van der Waals surface area contributed by atoms with Gasteiger partial charge in [-0.3, -0.25) is 9.13 Å². The second kappa shape index (κ2) is 42.4. The molecule has 8 N–H and O–H groups in total. The van der Waals surface area contributed by atoms with Crippen LogP contribution in [0.25, 0.3) is 0 Å². The summed E-state index contributed by atoms with van der Waals surface area (Å²) in [4.78, 5) is 4.61. The average Bonchev–Trinajstić information content (AvgIpc) is 3.22. The Kier molecular flexibility index (Phi) is 42.4. The van der Waals surface area contributed by atoms with Crippen LogP contribution in [0.5, 0.6) is 0 Å². The van der Waals surface area contributed by atoms with E-state index in [1.165, 1.54) is 51.4 Å². The van der Waals surface area contributed by atoms with Gasteiger partial charge >= 0.3 is 15.2 Å². The van der Waals surface area contributed by atoms with E-state index in [0.29, 0.717) is 71.4 Å². The highest BCUT2D eigenvalue weighted by Crippen LogP contribution is 2.50.